The van der Waals surface area contributed by atoms with Gasteiger partial charge in [-0.25, -0.2) is 4.79 Å². The molecule has 1 amide bonds. The molecule has 0 unspecified atom stereocenters. The molecule has 0 saturated heterocycles. The average molecular weight is 485 g/mol. The summed E-state index contributed by atoms with van der Waals surface area (Å²) in [5.74, 6) is 1.54. The van der Waals surface area contributed by atoms with E-state index >= 15 is 0 Å². The van der Waals surface area contributed by atoms with Crippen LogP contribution in [0.2, 0.25) is 0 Å². The van der Waals surface area contributed by atoms with E-state index in [2.05, 4.69) is 4.90 Å². The third-order valence-corrected chi connectivity index (χ3v) is 6.95. The number of nitrogens with zero attached hydrogens (tertiary/aromatic N) is 1. The lowest BCUT2D eigenvalue weighted by Crippen LogP contribution is -2.37. The Labute approximate surface area is 202 Å². The summed E-state index contributed by atoms with van der Waals surface area (Å²) in [4.78, 5) is 26.8. The first-order valence-electron chi connectivity index (χ1n) is 11.4. The number of benzene rings is 2. The monoisotopic (exact) mass is 484 g/mol. The Morgan fingerprint density at radius 3 is 2.54 bits per heavy atom. The maximum absolute atomic E-state index is 13.1. The van der Waals surface area contributed by atoms with Crippen molar-refractivity contribution in [3.8, 4) is 28.7 Å². The van der Waals surface area contributed by atoms with Gasteiger partial charge in [-0.3, -0.25) is 9.69 Å². The first-order valence-corrected chi connectivity index (χ1v) is 11.4. The number of primary amides is 1. The summed E-state index contributed by atoms with van der Waals surface area (Å²) in [7, 11) is 6.58. The second kappa shape index (κ2) is 8.84. The molecule has 2 aromatic rings. The van der Waals surface area contributed by atoms with E-state index < -0.39 is 18.0 Å². The lowest BCUT2D eigenvalue weighted by Gasteiger charge is -2.39. The lowest BCUT2D eigenvalue weighted by atomic mass is 9.82. The fraction of sp³-hybridized carbons (Fsp3) is 0.440. The predicted octanol–water partition coefficient (Wildman–Crippen LogP) is 2.30. The third kappa shape index (κ3) is 3.51. The number of cyclic esters (lactones) is 1. The predicted molar refractivity (Wildman–Crippen MR) is 123 cm³/mol. The molecular formula is C25H28N2O8. The SMILES string of the molecule is COc1ccc2c(c1OC)C(=O)O[C@@H]2[C@H]1c2c(c(CCC(N)=O)c3c(c2OC)OCO3)CCN1C. The third-order valence-electron chi connectivity index (χ3n) is 6.95. The molecule has 10 nitrogen and oxygen atoms in total. The van der Waals surface area contributed by atoms with E-state index in [1.807, 2.05) is 13.1 Å². The van der Waals surface area contributed by atoms with E-state index in [1.165, 1.54) is 14.2 Å². The van der Waals surface area contributed by atoms with Crippen LogP contribution in [0.3, 0.4) is 0 Å². The number of carbonyl (C=O) groups is 2. The van der Waals surface area contributed by atoms with Crippen molar-refractivity contribution in [2.45, 2.75) is 31.4 Å². The summed E-state index contributed by atoms with van der Waals surface area (Å²) >= 11 is 0. The molecule has 10 heteroatoms. The van der Waals surface area contributed by atoms with Crippen molar-refractivity contribution in [2.75, 3.05) is 41.7 Å². The Kier molecular flexibility index (Phi) is 5.84. The number of carbonyl (C=O) groups excluding carboxylic acids is 2. The molecule has 2 atom stereocenters. The standard InChI is InChI=1S/C25H28N2O8/c1-27-10-9-12-13(6-8-16(26)28)21-24(34-11-33-21)23(32-4)17(12)19(27)20-14-5-7-15(30-2)22(31-3)18(14)25(29)35-20/h5,7,19-20H,6,8-11H2,1-4H3,(H2,26,28)/t19-,20+/m1/s1. The molecule has 3 heterocycles. The van der Waals surface area contributed by atoms with Crippen LogP contribution in [-0.2, 0) is 22.4 Å². The summed E-state index contributed by atoms with van der Waals surface area (Å²) < 4.78 is 34.4. The van der Waals surface area contributed by atoms with Crippen molar-refractivity contribution in [1.82, 2.24) is 4.90 Å². The van der Waals surface area contributed by atoms with Crippen LogP contribution >= 0.6 is 0 Å². The molecule has 0 saturated carbocycles. The molecule has 0 spiro atoms. The average Bonchev–Trinajstić information content (AvgIpc) is 3.46. The minimum Gasteiger partial charge on any atom is -0.493 e. The van der Waals surface area contributed by atoms with Crippen LogP contribution in [0.5, 0.6) is 28.7 Å². The smallest absolute Gasteiger partial charge is 0.343 e. The summed E-state index contributed by atoms with van der Waals surface area (Å²) in [6.07, 6.45) is 0.658. The van der Waals surface area contributed by atoms with Gasteiger partial charge in [0.1, 0.15) is 11.7 Å². The molecule has 5 rings (SSSR count). The number of methoxy groups -OCH3 is 3. The molecule has 3 aliphatic heterocycles. The van der Waals surface area contributed by atoms with Gasteiger partial charge in [0.2, 0.25) is 18.4 Å². The quantitative estimate of drug-likeness (QED) is 0.591. The van der Waals surface area contributed by atoms with Gasteiger partial charge in [0.25, 0.3) is 0 Å². The fourth-order valence-electron chi connectivity index (χ4n) is 5.44. The Morgan fingerprint density at radius 2 is 1.86 bits per heavy atom. The zero-order valence-corrected chi connectivity index (χ0v) is 20.1. The minimum atomic E-state index is -0.625. The van der Waals surface area contributed by atoms with Crippen molar-refractivity contribution in [3.63, 3.8) is 0 Å². The van der Waals surface area contributed by atoms with Crippen LogP contribution in [0.15, 0.2) is 12.1 Å². The molecular weight excluding hydrogens is 456 g/mol. The number of fused-ring (bicyclic) bond motifs is 3. The number of amides is 1. The maximum Gasteiger partial charge on any atom is 0.343 e. The van der Waals surface area contributed by atoms with E-state index in [4.69, 9.17) is 34.2 Å². The van der Waals surface area contributed by atoms with Crippen LogP contribution in [0.25, 0.3) is 0 Å². The topological polar surface area (TPSA) is 119 Å². The van der Waals surface area contributed by atoms with Crippen LogP contribution < -0.4 is 29.4 Å². The Bertz CT molecular complexity index is 1210. The molecule has 0 radical (unpaired) electrons. The molecule has 35 heavy (non-hydrogen) atoms. The van der Waals surface area contributed by atoms with Gasteiger partial charge in [0.15, 0.2) is 23.0 Å². The first kappa shape index (κ1) is 23.1. The second-order valence-corrected chi connectivity index (χ2v) is 8.70. The summed E-state index contributed by atoms with van der Waals surface area (Å²) in [5.41, 5.74) is 9.25. The highest BCUT2D eigenvalue weighted by Gasteiger charge is 2.47. The normalized spacial score (nSPS) is 20.2. The number of hydrogen-bond donors (Lipinski definition) is 1. The van der Waals surface area contributed by atoms with E-state index in [1.54, 1.807) is 13.2 Å². The molecule has 0 aliphatic carbocycles. The van der Waals surface area contributed by atoms with Crippen LogP contribution in [0.4, 0.5) is 0 Å². The van der Waals surface area contributed by atoms with Crippen LogP contribution in [0.1, 0.15) is 51.2 Å². The van der Waals surface area contributed by atoms with E-state index in [9.17, 15) is 9.59 Å². The highest BCUT2D eigenvalue weighted by atomic mass is 16.7. The number of hydrogen-bond acceptors (Lipinski definition) is 9. The van der Waals surface area contributed by atoms with Gasteiger partial charge >= 0.3 is 5.97 Å². The Hall–Kier alpha value is -3.66. The van der Waals surface area contributed by atoms with E-state index in [-0.39, 0.29) is 19.3 Å². The lowest BCUT2D eigenvalue weighted by molar-refractivity contribution is -0.118. The summed E-state index contributed by atoms with van der Waals surface area (Å²) in [6, 6.07) is 3.23. The molecule has 186 valence electrons. The molecule has 2 N–H and O–H groups in total. The van der Waals surface area contributed by atoms with Gasteiger partial charge < -0.3 is 34.2 Å². The zero-order chi connectivity index (χ0) is 24.9. The first-order chi connectivity index (χ1) is 16.9. The van der Waals surface area contributed by atoms with Crippen molar-refractivity contribution in [2.24, 2.45) is 5.73 Å². The number of likely N-dealkylation sites (N-methyl/N-ethyl adjacent to an activating group) is 1. The van der Waals surface area contributed by atoms with E-state index in [0.29, 0.717) is 59.3 Å². The van der Waals surface area contributed by atoms with Crippen LogP contribution in [0, 0.1) is 0 Å². The largest absolute Gasteiger partial charge is 0.493 e. The molecule has 0 bridgehead atoms. The van der Waals surface area contributed by atoms with Gasteiger partial charge in [-0.2, -0.15) is 0 Å². The van der Waals surface area contributed by atoms with Crippen molar-refractivity contribution in [1.29, 1.82) is 0 Å². The Morgan fingerprint density at radius 1 is 1.11 bits per heavy atom. The number of ether oxygens (including phenoxy) is 6. The second-order valence-electron chi connectivity index (χ2n) is 8.70. The van der Waals surface area contributed by atoms with E-state index in [0.717, 1.165) is 16.7 Å². The van der Waals surface area contributed by atoms with Gasteiger partial charge in [-0.15, -0.1) is 0 Å². The fourth-order valence-corrected chi connectivity index (χ4v) is 5.44. The van der Waals surface area contributed by atoms with Crippen molar-refractivity contribution in [3.05, 3.63) is 39.9 Å². The number of esters is 1. The number of rotatable bonds is 7. The molecule has 0 fully saturated rings. The van der Waals surface area contributed by atoms with Crippen molar-refractivity contribution < 1.29 is 38.0 Å². The molecule has 0 aromatic heterocycles. The highest BCUT2D eigenvalue weighted by Crippen LogP contribution is 2.57. The van der Waals surface area contributed by atoms with Gasteiger partial charge in [0, 0.05) is 29.7 Å². The molecule has 3 aliphatic rings. The zero-order valence-electron chi connectivity index (χ0n) is 20.1. The van der Waals surface area contributed by atoms with Gasteiger partial charge in [-0.05, 0) is 31.5 Å². The minimum absolute atomic E-state index is 0.0525. The van der Waals surface area contributed by atoms with Crippen LogP contribution in [-0.4, -0.2) is 58.5 Å². The summed E-state index contributed by atoms with van der Waals surface area (Å²) in [6.45, 7) is 0.748. The van der Waals surface area contributed by atoms with Crippen molar-refractivity contribution >= 4 is 11.9 Å². The maximum atomic E-state index is 13.1. The number of nitrogens with two attached hydrogens (primary N) is 1. The van der Waals surface area contributed by atoms with Gasteiger partial charge in [0.05, 0.1) is 27.4 Å². The summed E-state index contributed by atoms with van der Waals surface area (Å²) in [5, 5.41) is 0. The molecule has 2 aromatic carbocycles. The van der Waals surface area contributed by atoms with Gasteiger partial charge in [-0.1, -0.05) is 6.07 Å². The highest BCUT2D eigenvalue weighted by molar-refractivity contribution is 5.98. The Balaban J connectivity index is 1.70.